The molecule has 0 aliphatic carbocycles. The zero-order valence-electron chi connectivity index (χ0n) is 16.1. The Hall–Kier alpha value is -3.36. The summed E-state index contributed by atoms with van der Waals surface area (Å²) in [6, 6.07) is 14.2. The normalized spacial score (nSPS) is 11.1. The number of hydrogen-bond acceptors (Lipinski definition) is 6. The summed E-state index contributed by atoms with van der Waals surface area (Å²) in [6.45, 7) is 2.94. The summed E-state index contributed by atoms with van der Waals surface area (Å²) >= 11 is 2.85. The van der Waals surface area contributed by atoms with Gasteiger partial charge in [0, 0.05) is 46.2 Å². The molecule has 0 fully saturated rings. The molecule has 0 bridgehead atoms. The lowest BCUT2D eigenvalue weighted by Crippen LogP contribution is -2.12. The van der Waals surface area contributed by atoms with Gasteiger partial charge >= 0.3 is 0 Å². The molecule has 0 radical (unpaired) electrons. The van der Waals surface area contributed by atoms with Crippen LogP contribution in [0.5, 0.6) is 0 Å². The van der Waals surface area contributed by atoms with Crippen molar-refractivity contribution in [2.45, 2.75) is 13.5 Å². The van der Waals surface area contributed by atoms with E-state index in [-0.39, 0.29) is 5.91 Å². The zero-order chi connectivity index (χ0) is 20.5. The lowest BCUT2D eigenvalue weighted by atomic mass is 10.2. The van der Waals surface area contributed by atoms with Gasteiger partial charge in [-0.25, -0.2) is 9.97 Å². The Morgan fingerprint density at radius 1 is 1.10 bits per heavy atom. The maximum Gasteiger partial charge on any atom is 0.276 e. The van der Waals surface area contributed by atoms with Gasteiger partial charge < -0.3 is 4.57 Å². The Bertz CT molecular complexity index is 1340. The van der Waals surface area contributed by atoms with E-state index < -0.39 is 0 Å². The third-order valence-corrected chi connectivity index (χ3v) is 6.39. The van der Waals surface area contributed by atoms with E-state index in [0.717, 1.165) is 28.5 Å². The number of hydrogen-bond donors (Lipinski definition) is 1. The maximum atomic E-state index is 12.7. The predicted molar refractivity (Wildman–Crippen MR) is 122 cm³/mol. The van der Waals surface area contributed by atoms with Crippen LogP contribution in [0.4, 0.5) is 5.13 Å². The van der Waals surface area contributed by atoms with Crippen molar-refractivity contribution in [2.75, 3.05) is 5.32 Å². The minimum Gasteiger partial charge on any atom is -0.339 e. The summed E-state index contributed by atoms with van der Waals surface area (Å²) in [5.74, 6) is -0.260. The minimum absolute atomic E-state index is 0.260. The monoisotopic (exact) mass is 431 g/mol. The SMILES string of the molecule is CCn1c(-c2nc(C(=O)Nc3nc(-c4cccnc4)cs3)cs2)cc2ccccc21. The van der Waals surface area contributed by atoms with Gasteiger partial charge in [-0.05, 0) is 31.2 Å². The molecular weight excluding hydrogens is 414 g/mol. The minimum atomic E-state index is -0.260. The first-order valence-electron chi connectivity index (χ1n) is 9.44. The number of benzene rings is 1. The number of nitrogens with zero attached hydrogens (tertiary/aromatic N) is 4. The van der Waals surface area contributed by atoms with Gasteiger partial charge in [-0.2, -0.15) is 0 Å². The summed E-state index contributed by atoms with van der Waals surface area (Å²) in [7, 11) is 0. The predicted octanol–water partition coefficient (Wildman–Crippen LogP) is 5.56. The van der Waals surface area contributed by atoms with Crippen molar-refractivity contribution in [3.63, 3.8) is 0 Å². The van der Waals surface area contributed by atoms with Gasteiger partial charge in [0.05, 0.1) is 11.4 Å². The smallest absolute Gasteiger partial charge is 0.276 e. The zero-order valence-corrected chi connectivity index (χ0v) is 17.7. The van der Waals surface area contributed by atoms with E-state index in [1.54, 1.807) is 17.8 Å². The van der Waals surface area contributed by atoms with Crippen LogP contribution in [0.25, 0.3) is 32.9 Å². The molecule has 5 aromatic rings. The molecule has 0 unspecified atom stereocenters. The molecule has 1 aromatic carbocycles. The second-order valence-electron chi connectivity index (χ2n) is 6.60. The number of carbonyl (C=O) groups excluding carboxylic acids is 1. The average Bonchev–Trinajstić information content (AvgIpc) is 3.52. The molecule has 1 amide bonds. The summed E-state index contributed by atoms with van der Waals surface area (Å²) in [5, 5.41) is 9.08. The van der Waals surface area contributed by atoms with E-state index in [1.807, 2.05) is 29.6 Å². The second kappa shape index (κ2) is 7.81. The first-order chi connectivity index (χ1) is 14.7. The van der Waals surface area contributed by atoms with Gasteiger partial charge in [0.2, 0.25) is 0 Å². The summed E-state index contributed by atoms with van der Waals surface area (Å²) in [4.78, 5) is 25.9. The molecule has 0 aliphatic heterocycles. The number of amides is 1. The molecule has 4 aromatic heterocycles. The van der Waals surface area contributed by atoms with Crippen LogP contribution in [0.1, 0.15) is 17.4 Å². The molecule has 1 N–H and O–H groups in total. The molecule has 0 aliphatic rings. The molecule has 0 saturated carbocycles. The van der Waals surface area contributed by atoms with Gasteiger partial charge in [0.25, 0.3) is 5.91 Å². The topological polar surface area (TPSA) is 72.7 Å². The number of aromatic nitrogens is 4. The largest absolute Gasteiger partial charge is 0.339 e. The third kappa shape index (κ3) is 3.40. The van der Waals surface area contributed by atoms with Crippen molar-refractivity contribution < 1.29 is 4.79 Å². The van der Waals surface area contributed by atoms with Crippen LogP contribution in [0, 0.1) is 0 Å². The molecule has 8 heteroatoms. The molecule has 5 rings (SSSR count). The Kier molecular flexibility index (Phi) is 4.86. The van der Waals surface area contributed by atoms with Crippen molar-refractivity contribution in [3.8, 4) is 22.0 Å². The van der Waals surface area contributed by atoms with Crippen molar-refractivity contribution in [1.29, 1.82) is 0 Å². The van der Waals surface area contributed by atoms with Crippen LogP contribution in [0.2, 0.25) is 0 Å². The summed E-state index contributed by atoms with van der Waals surface area (Å²) < 4.78 is 2.22. The third-order valence-electron chi connectivity index (χ3n) is 4.76. The number of aryl methyl sites for hydroxylation is 1. The van der Waals surface area contributed by atoms with Gasteiger partial charge in [0.15, 0.2) is 5.13 Å². The highest BCUT2D eigenvalue weighted by Crippen LogP contribution is 2.31. The maximum absolute atomic E-state index is 12.7. The lowest BCUT2D eigenvalue weighted by Gasteiger charge is -2.05. The Labute approximate surface area is 180 Å². The first-order valence-corrected chi connectivity index (χ1v) is 11.2. The van der Waals surface area contributed by atoms with E-state index >= 15 is 0 Å². The number of carbonyl (C=O) groups is 1. The summed E-state index contributed by atoms with van der Waals surface area (Å²) in [6.07, 6.45) is 3.47. The fourth-order valence-corrected chi connectivity index (χ4v) is 4.90. The van der Waals surface area contributed by atoms with Gasteiger partial charge in [-0.15, -0.1) is 22.7 Å². The standard InChI is InChI=1S/C22H17N5OS2/c1-2-27-18-8-4-3-6-14(18)10-19(27)21-24-17(13-29-21)20(28)26-22-25-16(12-30-22)15-7-5-9-23-11-15/h3-13H,2H2,1H3,(H,25,26,28). The Balaban J connectivity index is 1.38. The second-order valence-corrected chi connectivity index (χ2v) is 8.32. The molecule has 30 heavy (non-hydrogen) atoms. The number of fused-ring (bicyclic) bond motifs is 1. The van der Waals surface area contributed by atoms with Crippen molar-refractivity contribution in [2.24, 2.45) is 0 Å². The van der Waals surface area contributed by atoms with E-state index in [2.05, 4.69) is 50.0 Å². The molecule has 0 spiro atoms. The fourth-order valence-electron chi connectivity index (χ4n) is 3.36. The summed E-state index contributed by atoms with van der Waals surface area (Å²) in [5.41, 5.74) is 4.28. The first kappa shape index (κ1) is 18.7. The van der Waals surface area contributed by atoms with Crippen molar-refractivity contribution in [1.82, 2.24) is 19.5 Å². The number of thiazole rings is 2. The van der Waals surface area contributed by atoms with Crippen LogP contribution < -0.4 is 5.32 Å². The molecule has 6 nitrogen and oxygen atoms in total. The van der Waals surface area contributed by atoms with Crippen molar-refractivity contribution >= 4 is 44.6 Å². The lowest BCUT2D eigenvalue weighted by molar-refractivity contribution is 0.102. The Morgan fingerprint density at radius 2 is 2.00 bits per heavy atom. The average molecular weight is 432 g/mol. The number of anilines is 1. The quantitative estimate of drug-likeness (QED) is 0.396. The van der Waals surface area contributed by atoms with Gasteiger partial charge in [-0.3, -0.25) is 15.1 Å². The molecule has 4 heterocycles. The van der Waals surface area contributed by atoms with Gasteiger partial charge in [0.1, 0.15) is 10.7 Å². The van der Waals surface area contributed by atoms with Crippen LogP contribution >= 0.6 is 22.7 Å². The fraction of sp³-hybridized carbons (Fsp3) is 0.0909. The molecule has 0 saturated heterocycles. The molecular formula is C22H17N5OS2. The number of nitrogens with one attached hydrogen (secondary N) is 1. The van der Waals surface area contributed by atoms with E-state index in [4.69, 9.17) is 0 Å². The van der Waals surface area contributed by atoms with E-state index in [1.165, 1.54) is 33.6 Å². The number of pyridine rings is 1. The number of para-hydroxylation sites is 1. The molecule has 148 valence electrons. The van der Waals surface area contributed by atoms with Crippen LogP contribution in [-0.2, 0) is 6.54 Å². The van der Waals surface area contributed by atoms with E-state index in [9.17, 15) is 4.79 Å². The molecule has 0 atom stereocenters. The van der Waals surface area contributed by atoms with E-state index in [0.29, 0.717) is 10.8 Å². The highest BCUT2D eigenvalue weighted by Gasteiger charge is 2.17. The van der Waals surface area contributed by atoms with Crippen molar-refractivity contribution in [3.05, 3.63) is 71.3 Å². The van der Waals surface area contributed by atoms with Crippen LogP contribution in [0.3, 0.4) is 0 Å². The van der Waals surface area contributed by atoms with Crippen LogP contribution in [-0.4, -0.2) is 25.4 Å². The highest BCUT2D eigenvalue weighted by atomic mass is 32.1. The van der Waals surface area contributed by atoms with Gasteiger partial charge in [-0.1, -0.05) is 18.2 Å². The Morgan fingerprint density at radius 3 is 2.83 bits per heavy atom. The number of rotatable bonds is 5. The highest BCUT2D eigenvalue weighted by molar-refractivity contribution is 7.14. The van der Waals surface area contributed by atoms with Crippen LogP contribution in [0.15, 0.2) is 65.6 Å².